The van der Waals surface area contributed by atoms with Gasteiger partial charge in [-0.25, -0.2) is 0 Å². The van der Waals surface area contributed by atoms with E-state index in [-0.39, 0.29) is 5.91 Å². The van der Waals surface area contributed by atoms with Gasteiger partial charge in [0.15, 0.2) is 17.6 Å². The van der Waals surface area contributed by atoms with Gasteiger partial charge in [-0.1, -0.05) is 30.3 Å². The Hall–Kier alpha value is -3.69. The molecule has 8 nitrogen and oxygen atoms in total. The lowest BCUT2D eigenvalue weighted by Gasteiger charge is -2.29. The zero-order valence-electron chi connectivity index (χ0n) is 23.6. The van der Waals surface area contributed by atoms with Gasteiger partial charge in [0.2, 0.25) is 0 Å². The fourth-order valence-electron chi connectivity index (χ4n) is 4.70. The predicted molar refractivity (Wildman–Crippen MR) is 157 cm³/mol. The molecule has 0 bridgehead atoms. The van der Waals surface area contributed by atoms with Gasteiger partial charge < -0.3 is 28.7 Å². The summed E-state index contributed by atoms with van der Waals surface area (Å²) in [7, 11) is 6.89. The molecular formula is C31H36N2O6S. The maximum atomic E-state index is 14.1. The molecule has 4 rings (SSSR count). The lowest BCUT2D eigenvalue weighted by molar-refractivity contribution is -0.152. The Morgan fingerprint density at radius 2 is 1.70 bits per heavy atom. The number of carbonyl (C=O) groups is 2. The first-order chi connectivity index (χ1) is 19.3. The highest BCUT2D eigenvalue weighted by Gasteiger charge is 2.40. The Morgan fingerprint density at radius 1 is 0.925 bits per heavy atom. The molecule has 1 heterocycles. The molecule has 0 aliphatic carbocycles. The van der Waals surface area contributed by atoms with E-state index in [2.05, 4.69) is 4.90 Å². The summed E-state index contributed by atoms with van der Waals surface area (Å²) in [6.07, 6.45) is -0.176. The minimum absolute atomic E-state index is 0.242. The Labute approximate surface area is 240 Å². The van der Waals surface area contributed by atoms with E-state index in [1.165, 1.54) is 18.7 Å². The summed E-state index contributed by atoms with van der Waals surface area (Å²) in [5, 5.41) is -0.430. The third-order valence-corrected chi connectivity index (χ3v) is 8.22. The van der Waals surface area contributed by atoms with Crippen LogP contribution in [0, 0.1) is 0 Å². The summed E-state index contributed by atoms with van der Waals surface area (Å²) in [4.78, 5) is 31.1. The number of likely N-dealkylation sites (N-methyl/N-ethyl adjacent to an activating group) is 1. The van der Waals surface area contributed by atoms with Crippen LogP contribution in [0.4, 0.5) is 5.69 Å². The van der Waals surface area contributed by atoms with Crippen molar-refractivity contribution in [1.82, 2.24) is 4.90 Å². The van der Waals surface area contributed by atoms with Crippen molar-refractivity contribution in [2.24, 2.45) is 0 Å². The number of esters is 1. The molecule has 1 aliphatic heterocycles. The molecule has 9 heteroatoms. The highest BCUT2D eigenvalue weighted by molar-refractivity contribution is 7.99. The molecule has 0 saturated carbocycles. The molecule has 3 aromatic carbocycles. The first-order valence-electron chi connectivity index (χ1n) is 13.1. The summed E-state index contributed by atoms with van der Waals surface area (Å²) in [6.45, 7) is 3.20. The first-order valence-corrected chi connectivity index (χ1v) is 14.0. The van der Waals surface area contributed by atoms with Gasteiger partial charge in [0.05, 0.1) is 32.3 Å². The van der Waals surface area contributed by atoms with E-state index in [1.807, 2.05) is 73.8 Å². The molecule has 2 atom stereocenters. The van der Waals surface area contributed by atoms with Crippen LogP contribution in [-0.4, -0.2) is 70.9 Å². The third-order valence-electron chi connectivity index (χ3n) is 6.85. The van der Waals surface area contributed by atoms with Crippen LogP contribution < -0.4 is 19.1 Å². The van der Waals surface area contributed by atoms with E-state index in [0.29, 0.717) is 30.3 Å². The Bertz CT molecular complexity index is 1330. The normalized spacial score (nSPS) is 16.8. The summed E-state index contributed by atoms with van der Waals surface area (Å²) >= 11 is 1.52. The van der Waals surface area contributed by atoms with Crippen molar-refractivity contribution in [2.45, 2.75) is 29.6 Å². The standard InChI is InChI=1S/C31H36N2O6S/c1-21(34)39-29-30(23-9-8-10-24(20-23)36-3)40-28-12-7-6-11-25(28)33(31(29)35)18-17-32(2)16-15-22-13-14-26(37-4)27(19-22)38-5/h6-14,19-20,29-30H,15-18H2,1-5H3. The van der Waals surface area contributed by atoms with E-state index in [4.69, 9.17) is 18.9 Å². The minimum atomic E-state index is -0.987. The number of fused-ring (bicyclic) bond motifs is 1. The van der Waals surface area contributed by atoms with Crippen LogP contribution >= 0.6 is 11.8 Å². The number of hydrogen-bond acceptors (Lipinski definition) is 8. The molecule has 1 amide bonds. The quantitative estimate of drug-likeness (QED) is 0.301. The number of ether oxygens (including phenoxy) is 4. The minimum Gasteiger partial charge on any atom is -0.497 e. The summed E-state index contributed by atoms with van der Waals surface area (Å²) in [5.41, 5.74) is 2.80. The lowest BCUT2D eigenvalue weighted by atomic mass is 10.1. The molecule has 1 aliphatic rings. The van der Waals surface area contributed by atoms with E-state index in [1.54, 1.807) is 26.2 Å². The average molecular weight is 565 g/mol. The number of carbonyl (C=O) groups excluding carboxylic acids is 2. The van der Waals surface area contributed by atoms with Crippen molar-refractivity contribution in [2.75, 3.05) is 52.9 Å². The van der Waals surface area contributed by atoms with Crippen LogP contribution in [0.15, 0.2) is 71.6 Å². The number of benzene rings is 3. The van der Waals surface area contributed by atoms with Crippen molar-refractivity contribution >= 4 is 29.3 Å². The van der Waals surface area contributed by atoms with E-state index >= 15 is 0 Å². The largest absolute Gasteiger partial charge is 0.497 e. The lowest BCUT2D eigenvalue weighted by Crippen LogP contribution is -2.45. The number of anilines is 1. The predicted octanol–water partition coefficient (Wildman–Crippen LogP) is 5.00. The fraction of sp³-hybridized carbons (Fsp3) is 0.355. The van der Waals surface area contributed by atoms with E-state index in [9.17, 15) is 9.59 Å². The highest BCUT2D eigenvalue weighted by atomic mass is 32.2. The Kier molecular flexibility index (Phi) is 9.95. The molecule has 212 valence electrons. The van der Waals surface area contributed by atoms with Gasteiger partial charge in [0, 0.05) is 31.5 Å². The average Bonchev–Trinajstić information content (AvgIpc) is 3.08. The summed E-state index contributed by atoms with van der Waals surface area (Å²) < 4.78 is 21.9. The molecule has 3 aromatic rings. The molecule has 0 N–H and O–H groups in total. The van der Waals surface area contributed by atoms with Crippen LogP contribution in [0.1, 0.15) is 23.3 Å². The van der Waals surface area contributed by atoms with Crippen LogP contribution in [0.5, 0.6) is 17.2 Å². The van der Waals surface area contributed by atoms with Gasteiger partial charge >= 0.3 is 5.97 Å². The van der Waals surface area contributed by atoms with Gasteiger partial charge in [-0.2, -0.15) is 0 Å². The number of rotatable bonds is 11. The second-order valence-electron chi connectivity index (χ2n) is 9.55. The van der Waals surface area contributed by atoms with Crippen molar-refractivity contribution in [3.63, 3.8) is 0 Å². The van der Waals surface area contributed by atoms with Crippen LogP contribution in [-0.2, 0) is 20.7 Å². The van der Waals surface area contributed by atoms with Crippen LogP contribution in [0.25, 0.3) is 0 Å². The van der Waals surface area contributed by atoms with Gasteiger partial charge in [-0.3, -0.25) is 9.59 Å². The highest BCUT2D eigenvalue weighted by Crippen LogP contribution is 2.47. The monoisotopic (exact) mass is 564 g/mol. The van der Waals surface area contributed by atoms with Crippen LogP contribution in [0.2, 0.25) is 0 Å². The smallest absolute Gasteiger partial charge is 0.303 e. The van der Waals surface area contributed by atoms with Gasteiger partial charge in [-0.15, -0.1) is 11.8 Å². The summed E-state index contributed by atoms with van der Waals surface area (Å²) in [5.74, 6) is 1.34. The van der Waals surface area contributed by atoms with Gasteiger partial charge in [0.25, 0.3) is 5.91 Å². The molecule has 0 fully saturated rings. The molecule has 0 spiro atoms. The third kappa shape index (κ3) is 6.89. The Balaban J connectivity index is 1.54. The Morgan fingerprint density at radius 3 is 2.42 bits per heavy atom. The number of amides is 1. The zero-order valence-corrected chi connectivity index (χ0v) is 24.4. The van der Waals surface area contributed by atoms with Gasteiger partial charge in [0.1, 0.15) is 5.75 Å². The van der Waals surface area contributed by atoms with Crippen molar-refractivity contribution in [3.05, 3.63) is 77.9 Å². The van der Waals surface area contributed by atoms with Crippen LogP contribution in [0.3, 0.4) is 0 Å². The van der Waals surface area contributed by atoms with E-state index in [0.717, 1.165) is 34.7 Å². The van der Waals surface area contributed by atoms with E-state index < -0.39 is 17.3 Å². The molecule has 0 aromatic heterocycles. The molecular weight excluding hydrogens is 528 g/mol. The molecule has 2 unspecified atom stereocenters. The second-order valence-corrected chi connectivity index (χ2v) is 10.7. The fourth-order valence-corrected chi connectivity index (χ4v) is 6.01. The number of para-hydroxylation sites is 1. The zero-order chi connectivity index (χ0) is 28.6. The van der Waals surface area contributed by atoms with Crippen molar-refractivity contribution in [1.29, 1.82) is 0 Å². The number of hydrogen-bond donors (Lipinski definition) is 0. The topological polar surface area (TPSA) is 77.5 Å². The molecule has 40 heavy (non-hydrogen) atoms. The number of nitrogens with zero attached hydrogens (tertiary/aromatic N) is 2. The SMILES string of the molecule is COc1cccc(C2Sc3ccccc3N(CCN(C)CCc3ccc(OC)c(OC)c3)C(=O)C2OC(C)=O)c1. The maximum absolute atomic E-state index is 14.1. The molecule has 0 radical (unpaired) electrons. The summed E-state index contributed by atoms with van der Waals surface area (Å²) in [6, 6.07) is 21.3. The van der Waals surface area contributed by atoms with Crippen molar-refractivity contribution < 1.29 is 28.5 Å². The maximum Gasteiger partial charge on any atom is 0.303 e. The van der Waals surface area contributed by atoms with Gasteiger partial charge in [-0.05, 0) is 61.0 Å². The first kappa shape index (κ1) is 29.3. The van der Waals surface area contributed by atoms with Crippen molar-refractivity contribution in [3.8, 4) is 17.2 Å². The molecule has 0 saturated heterocycles. The number of thioether (sulfide) groups is 1. The number of methoxy groups -OCH3 is 3. The second kappa shape index (κ2) is 13.6.